The molecule has 0 saturated heterocycles. The number of aromatic nitrogens is 4. The Hall–Kier alpha value is -4.28. The summed E-state index contributed by atoms with van der Waals surface area (Å²) in [6, 6.07) is 23.3. The molecule has 0 aliphatic heterocycles. The molecule has 0 radical (unpaired) electrons. The van der Waals surface area contributed by atoms with E-state index < -0.39 is 10.0 Å². The summed E-state index contributed by atoms with van der Waals surface area (Å²) < 4.78 is 31.0. The third kappa shape index (κ3) is 4.57. The summed E-state index contributed by atoms with van der Waals surface area (Å²) in [7, 11) is -2.74. The van der Waals surface area contributed by atoms with Gasteiger partial charge in [0.2, 0.25) is 15.9 Å². The number of primary sulfonamides is 1. The van der Waals surface area contributed by atoms with Crippen molar-refractivity contribution in [1.82, 2.24) is 19.6 Å². The van der Waals surface area contributed by atoms with Crippen LogP contribution in [0.3, 0.4) is 0 Å². The third-order valence-corrected chi connectivity index (χ3v) is 6.38. The third-order valence-electron chi connectivity index (χ3n) is 5.48. The number of hydrogen-bond acceptors (Lipinski definition) is 7. The minimum Gasteiger partial charge on any atom is -0.480 e. The Bertz CT molecular complexity index is 1600. The molecule has 0 spiro atoms. The van der Waals surface area contributed by atoms with E-state index in [1.807, 2.05) is 72.9 Å². The van der Waals surface area contributed by atoms with Gasteiger partial charge in [0.15, 0.2) is 11.6 Å². The molecule has 9 nitrogen and oxygen atoms in total. The van der Waals surface area contributed by atoms with Gasteiger partial charge in [-0.15, -0.1) is 5.10 Å². The summed E-state index contributed by atoms with van der Waals surface area (Å²) in [6.07, 6.45) is 3.30. The molecule has 0 unspecified atom stereocenters. The van der Waals surface area contributed by atoms with Crippen LogP contribution in [0.2, 0.25) is 0 Å². The molecule has 3 heterocycles. The summed E-state index contributed by atoms with van der Waals surface area (Å²) in [4.78, 5) is 8.63. The lowest BCUT2D eigenvalue weighted by molar-refractivity contribution is 0.385. The molecule has 0 amide bonds. The second-order valence-corrected chi connectivity index (χ2v) is 9.32. The number of anilines is 1. The molecule has 3 aromatic heterocycles. The van der Waals surface area contributed by atoms with Crippen LogP contribution in [-0.4, -0.2) is 35.1 Å². The summed E-state index contributed by atoms with van der Waals surface area (Å²) in [5.74, 6) is 0.783. The summed E-state index contributed by atoms with van der Waals surface area (Å²) in [5, 5.41) is 13.4. The van der Waals surface area contributed by atoms with Crippen molar-refractivity contribution in [3.05, 3.63) is 90.8 Å². The van der Waals surface area contributed by atoms with Gasteiger partial charge in [-0.2, -0.15) is 0 Å². The fraction of sp³-hybridized carbons (Fsp3) is 0.0800. The summed E-state index contributed by atoms with van der Waals surface area (Å²) in [6.45, 7) is 0.537. The number of benzene rings is 2. The topological polar surface area (TPSA) is 124 Å². The predicted octanol–water partition coefficient (Wildman–Crippen LogP) is 3.73. The number of fused-ring (bicyclic) bond motifs is 1. The van der Waals surface area contributed by atoms with Gasteiger partial charge in [0.1, 0.15) is 10.4 Å². The molecule has 10 heteroatoms. The maximum Gasteiger partial charge on any atom is 0.243 e. The van der Waals surface area contributed by atoms with Crippen LogP contribution in [0.1, 0.15) is 5.56 Å². The predicted molar refractivity (Wildman–Crippen MR) is 133 cm³/mol. The van der Waals surface area contributed by atoms with E-state index >= 15 is 0 Å². The molecule has 0 aliphatic rings. The van der Waals surface area contributed by atoms with Gasteiger partial charge in [0.25, 0.3) is 0 Å². The maximum absolute atomic E-state index is 12.1. The first-order chi connectivity index (χ1) is 16.9. The minimum atomic E-state index is -4.07. The van der Waals surface area contributed by atoms with E-state index in [2.05, 4.69) is 15.4 Å². The number of nitrogens with two attached hydrogens (primary N) is 1. The first kappa shape index (κ1) is 22.5. The Morgan fingerprint density at radius 1 is 1.00 bits per heavy atom. The van der Waals surface area contributed by atoms with Crippen molar-refractivity contribution in [2.45, 2.75) is 11.4 Å². The fourth-order valence-corrected chi connectivity index (χ4v) is 4.48. The van der Waals surface area contributed by atoms with Crippen LogP contribution < -0.4 is 15.2 Å². The average molecular weight is 487 g/mol. The molecule has 5 aromatic rings. The van der Waals surface area contributed by atoms with Crippen molar-refractivity contribution in [3.8, 4) is 28.4 Å². The molecule has 35 heavy (non-hydrogen) atoms. The fourth-order valence-electron chi connectivity index (χ4n) is 3.81. The van der Waals surface area contributed by atoms with Gasteiger partial charge in [-0.05, 0) is 23.3 Å². The van der Waals surface area contributed by atoms with E-state index in [0.717, 1.165) is 22.2 Å². The lowest BCUT2D eigenvalue weighted by atomic mass is 10.1. The van der Waals surface area contributed by atoms with E-state index in [4.69, 9.17) is 14.9 Å². The largest absolute Gasteiger partial charge is 0.480 e. The number of rotatable bonds is 7. The maximum atomic E-state index is 12.1. The SMILES string of the molecule is COc1ncc(-c2nc(NCc3ccccc3)c3c(-c4ccccc4)ccn3n2)cc1S(N)(=O)=O. The highest BCUT2D eigenvalue weighted by atomic mass is 32.2. The first-order valence-electron chi connectivity index (χ1n) is 10.7. The van der Waals surface area contributed by atoms with E-state index in [0.29, 0.717) is 17.9 Å². The number of sulfonamides is 1. The number of hydrogen-bond donors (Lipinski definition) is 2. The van der Waals surface area contributed by atoms with Crippen LogP contribution >= 0.6 is 0 Å². The highest BCUT2D eigenvalue weighted by Gasteiger charge is 2.20. The molecule has 0 bridgehead atoms. The van der Waals surface area contributed by atoms with Crippen LogP contribution in [0.4, 0.5) is 5.82 Å². The van der Waals surface area contributed by atoms with Crippen LogP contribution in [0, 0.1) is 0 Å². The molecule has 0 aliphatic carbocycles. The number of pyridine rings is 1. The first-order valence-corrected chi connectivity index (χ1v) is 12.3. The van der Waals surface area contributed by atoms with E-state index in [-0.39, 0.29) is 16.6 Å². The van der Waals surface area contributed by atoms with Gasteiger partial charge in [0.05, 0.1) is 7.11 Å². The Kier molecular flexibility index (Phi) is 5.89. The van der Waals surface area contributed by atoms with E-state index in [1.54, 1.807) is 4.52 Å². The lowest BCUT2D eigenvalue weighted by Crippen LogP contribution is -2.14. The lowest BCUT2D eigenvalue weighted by Gasteiger charge is -2.13. The Balaban J connectivity index is 1.66. The normalized spacial score (nSPS) is 11.5. The number of methoxy groups -OCH3 is 1. The van der Waals surface area contributed by atoms with Crippen LogP contribution in [0.25, 0.3) is 28.0 Å². The monoisotopic (exact) mass is 486 g/mol. The number of nitrogens with zero attached hydrogens (tertiary/aromatic N) is 4. The van der Waals surface area contributed by atoms with Crippen molar-refractivity contribution in [2.75, 3.05) is 12.4 Å². The van der Waals surface area contributed by atoms with E-state index in [9.17, 15) is 8.42 Å². The highest BCUT2D eigenvalue weighted by molar-refractivity contribution is 7.89. The molecule has 2 aromatic carbocycles. The smallest absolute Gasteiger partial charge is 0.243 e. The number of ether oxygens (including phenoxy) is 1. The molecule has 176 valence electrons. The Morgan fingerprint density at radius 3 is 2.40 bits per heavy atom. The quantitative estimate of drug-likeness (QED) is 0.359. The summed E-state index contributed by atoms with van der Waals surface area (Å²) >= 11 is 0. The van der Waals surface area contributed by atoms with Gasteiger partial charge < -0.3 is 10.1 Å². The van der Waals surface area contributed by atoms with Gasteiger partial charge in [-0.25, -0.2) is 28.0 Å². The standard InChI is InChI=1S/C25H22N6O3S/c1-34-25-21(35(26,32)33)14-19(16-28-25)23-29-24(27-15-17-8-4-2-5-9-17)22-20(12-13-31(22)30-23)18-10-6-3-7-11-18/h2-14,16H,15H2,1H3,(H2,26,32,33)(H,27,29,30). The van der Waals surface area contributed by atoms with Gasteiger partial charge in [-0.1, -0.05) is 60.7 Å². The van der Waals surface area contributed by atoms with Crippen molar-refractivity contribution < 1.29 is 13.2 Å². The molecular formula is C25H22N6O3S. The minimum absolute atomic E-state index is 0.0907. The molecule has 0 fully saturated rings. The summed E-state index contributed by atoms with van der Waals surface area (Å²) in [5.41, 5.74) is 4.25. The van der Waals surface area contributed by atoms with Crippen LogP contribution in [0.5, 0.6) is 5.88 Å². The van der Waals surface area contributed by atoms with Crippen LogP contribution in [-0.2, 0) is 16.6 Å². The Labute approximate surface area is 202 Å². The van der Waals surface area contributed by atoms with Crippen molar-refractivity contribution in [1.29, 1.82) is 0 Å². The zero-order valence-electron chi connectivity index (χ0n) is 18.8. The molecule has 0 atom stereocenters. The zero-order chi connectivity index (χ0) is 24.4. The van der Waals surface area contributed by atoms with Crippen molar-refractivity contribution in [3.63, 3.8) is 0 Å². The molecule has 0 saturated carbocycles. The second kappa shape index (κ2) is 9.16. The number of nitrogens with one attached hydrogen (secondary N) is 1. The van der Waals surface area contributed by atoms with Crippen molar-refractivity contribution >= 4 is 21.4 Å². The van der Waals surface area contributed by atoms with Crippen LogP contribution in [0.15, 0.2) is 90.1 Å². The van der Waals surface area contributed by atoms with Gasteiger partial charge in [-0.3, -0.25) is 0 Å². The molecule has 5 rings (SSSR count). The van der Waals surface area contributed by atoms with Gasteiger partial charge in [0, 0.05) is 30.1 Å². The van der Waals surface area contributed by atoms with Gasteiger partial charge >= 0.3 is 0 Å². The van der Waals surface area contributed by atoms with E-state index in [1.165, 1.54) is 19.4 Å². The second-order valence-electron chi connectivity index (χ2n) is 7.79. The Morgan fingerprint density at radius 2 is 1.71 bits per heavy atom. The zero-order valence-corrected chi connectivity index (χ0v) is 19.6. The average Bonchev–Trinajstić information content (AvgIpc) is 3.32. The van der Waals surface area contributed by atoms with Crippen molar-refractivity contribution in [2.24, 2.45) is 5.14 Å². The molecular weight excluding hydrogens is 464 g/mol. The molecule has 3 N–H and O–H groups in total. The highest BCUT2D eigenvalue weighted by Crippen LogP contribution is 2.32.